The van der Waals surface area contributed by atoms with Gasteiger partial charge in [-0.15, -0.1) is 0 Å². The lowest BCUT2D eigenvalue weighted by Gasteiger charge is -1.99. The highest BCUT2D eigenvalue weighted by Gasteiger charge is 1.89. The van der Waals surface area contributed by atoms with Gasteiger partial charge in [0.2, 0.25) is 0 Å². The van der Waals surface area contributed by atoms with Crippen LogP contribution in [-0.4, -0.2) is 6.61 Å². The number of rotatable bonds is 11. The molecule has 0 bridgehead atoms. The first-order chi connectivity index (χ1) is 7.41. The van der Waals surface area contributed by atoms with Gasteiger partial charge in [0.05, 0.1) is 6.26 Å². The molecule has 0 unspecified atom stereocenters. The monoisotopic (exact) mass is 210 g/mol. The van der Waals surface area contributed by atoms with E-state index < -0.39 is 0 Å². The highest BCUT2D eigenvalue weighted by Crippen LogP contribution is 2.08. The van der Waals surface area contributed by atoms with Gasteiger partial charge in [-0.2, -0.15) is 0 Å². The molecule has 0 spiro atoms. The third-order valence-corrected chi connectivity index (χ3v) is 2.38. The third-order valence-electron chi connectivity index (χ3n) is 2.38. The third kappa shape index (κ3) is 13.3. The molecule has 0 heterocycles. The SMILES string of the molecule is C=CCO/C=C/CCCCCCCCC. The second-order valence-electron chi connectivity index (χ2n) is 3.90. The molecule has 0 aliphatic rings. The molecule has 0 radical (unpaired) electrons. The number of allylic oxidation sites excluding steroid dienone is 1. The normalized spacial score (nSPS) is 10.7. The number of hydrogen-bond donors (Lipinski definition) is 0. The minimum Gasteiger partial charge on any atom is -0.497 e. The summed E-state index contributed by atoms with van der Waals surface area (Å²) >= 11 is 0. The molecule has 0 saturated carbocycles. The maximum Gasteiger partial charge on any atom is 0.105 e. The first-order valence-electron chi connectivity index (χ1n) is 6.29. The Morgan fingerprint density at radius 1 is 1.00 bits per heavy atom. The molecule has 0 N–H and O–H groups in total. The Kier molecular flexibility index (Phi) is 12.6. The summed E-state index contributed by atoms with van der Waals surface area (Å²) in [5.41, 5.74) is 0. The molecular weight excluding hydrogens is 184 g/mol. The van der Waals surface area contributed by atoms with Crippen molar-refractivity contribution in [1.29, 1.82) is 0 Å². The predicted octanol–water partition coefficient (Wildman–Crippen LogP) is 4.84. The fourth-order valence-electron chi connectivity index (χ4n) is 1.48. The second-order valence-corrected chi connectivity index (χ2v) is 3.90. The molecule has 0 aromatic heterocycles. The van der Waals surface area contributed by atoms with E-state index in [9.17, 15) is 0 Å². The number of hydrogen-bond acceptors (Lipinski definition) is 1. The highest BCUT2D eigenvalue weighted by molar-refractivity contribution is 4.75. The van der Waals surface area contributed by atoms with Crippen molar-refractivity contribution in [2.45, 2.75) is 58.3 Å². The molecule has 0 aliphatic carbocycles. The van der Waals surface area contributed by atoms with E-state index in [1.54, 1.807) is 12.3 Å². The average Bonchev–Trinajstić information content (AvgIpc) is 2.26. The molecule has 15 heavy (non-hydrogen) atoms. The predicted molar refractivity (Wildman–Crippen MR) is 67.9 cm³/mol. The highest BCUT2D eigenvalue weighted by atomic mass is 16.5. The zero-order valence-corrected chi connectivity index (χ0v) is 10.2. The largest absolute Gasteiger partial charge is 0.497 e. The molecule has 1 nitrogen and oxygen atoms in total. The minimum absolute atomic E-state index is 0.619. The maximum absolute atomic E-state index is 5.14. The summed E-state index contributed by atoms with van der Waals surface area (Å²) in [7, 11) is 0. The van der Waals surface area contributed by atoms with Crippen LogP contribution in [0.3, 0.4) is 0 Å². The lowest BCUT2D eigenvalue weighted by atomic mass is 10.1. The van der Waals surface area contributed by atoms with Gasteiger partial charge in [-0.05, 0) is 18.9 Å². The molecule has 0 amide bonds. The van der Waals surface area contributed by atoms with Crippen LogP contribution in [-0.2, 0) is 4.74 Å². The van der Waals surface area contributed by atoms with Crippen molar-refractivity contribution in [2.75, 3.05) is 6.61 Å². The average molecular weight is 210 g/mol. The number of ether oxygens (including phenoxy) is 1. The van der Waals surface area contributed by atoms with Gasteiger partial charge in [0.25, 0.3) is 0 Å². The van der Waals surface area contributed by atoms with Crippen LogP contribution in [0, 0.1) is 0 Å². The molecule has 1 heteroatoms. The molecule has 0 fully saturated rings. The van der Waals surface area contributed by atoms with Crippen LogP contribution in [0.15, 0.2) is 25.0 Å². The van der Waals surface area contributed by atoms with Gasteiger partial charge in [-0.25, -0.2) is 0 Å². The smallest absolute Gasteiger partial charge is 0.105 e. The summed E-state index contributed by atoms with van der Waals surface area (Å²) in [6, 6.07) is 0. The van der Waals surface area contributed by atoms with Crippen LogP contribution in [0.4, 0.5) is 0 Å². The van der Waals surface area contributed by atoms with Gasteiger partial charge >= 0.3 is 0 Å². The molecule has 0 aromatic rings. The molecule has 0 aromatic carbocycles. The van der Waals surface area contributed by atoms with Crippen LogP contribution in [0.1, 0.15) is 58.3 Å². The van der Waals surface area contributed by atoms with Crippen molar-refractivity contribution in [3.8, 4) is 0 Å². The Morgan fingerprint density at radius 2 is 1.67 bits per heavy atom. The fourth-order valence-corrected chi connectivity index (χ4v) is 1.48. The van der Waals surface area contributed by atoms with Gasteiger partial charge in [-0.3, -0.25) is 0 Å². The van der Waals surface area contributed by atoms with Crippen molar-refractivity contribution >= 4 is 0 Å². The van der Waals surface area contributed by atoms with Crippen LogP contribution in [0.5, 0.6) is 0 Å². The Bertz CT molecular complexity index is 149. The molecule has 88 valence electrons. The first kappa shape index (κ1) is 14.3. The summed E-state index contributed by atoms with van der Waals surface area (Å²) in [6.45, 7) is 6.46. The molecule has 0 saturated heterocycles. The fraction of sp³-hybridized carbons (Fsp3) is 0.714. The topological polar surface area (TPSA) is 9.23 Å². The van der Waals surface area contributed by atoms with E-state index in [4.69, 9.17) is 4.74 Å². The standard InChI is InChI=1S/C14H26O/c1-3-5-6-7-8-9-10-11-12-14-15-13-4-2/h4,12,14H,2-3,5-11,13H2,1H3/b14-12+. The minimum atomic E-state index is 0.619. The summed E-state index contributed by atoms with van der Waals surface area (Å²) in [5, 5.41) is 0. The van der Waals surface area contributed by atoms with Crippen LogP contribution < -0.4 is 0 Å². The van der Waals surface area contributed by atoms with Gasteiger partial charge in [0.1, 0.15) is 6.61 Å². The van der Waals surface area contributed by atoms with Gasteiger partial charge in [0.15, 0.2) is 0 Å². The Hall–Kier alpha value is -0.720. The zero-order valence-electron chi connectivity index (χ0n) is 10.2. The van der Waals surface area contributed by atoms with Crippen LogP contribution in [0.25, 0.3) is 0 Å². The van der Waals surface area contributed by atoms with E-state index in [-0.39, 0.29) is 0 Å². The summed E-state index contributed by atoms with van der Waals surface area (Å²) in [6.07, 6.45) is 16.4. The van der Waals surface area contributed by atoms with E-state index in [0.717, 1.165) is 6.42 Å². The van der Waals surface area contributed by atoms with Crippen LogP contribution >= 0.6 is 0 Å². The van der Waals surface area contributed by atoms with Gasteiger partial charge < -0.3 is 4.74 Å². The van der Waals surface area contributed by atoms with E-state index >= 15 is 0 Å². The van der Waals surface area contributed by atoms with Gasteiger partial charge in [0, 0.05) is 0 Å². The summed E-state index contributed by atoms with van der Waals surface area (Å²) < 4.78 is 5.14. The van der Waals surface area contributed by atoms with E-state index in [1.807, 2.05) is 0 Å². The molecule has 0 aliphatic heterocycles. The molecule has 0 atom stereocenters. The van der Waals surface area contributed by atoms with E-state index in [0.29, 0.717) is 6.61 Å². The lowest BCUT2D eigenvalue weighted by Crippen LogP contribution is -1.80. The van der Waals surface area contributed by atoms with Crippen molar-refractivity contribution in [2.24, 2.45) is 0 Å². The summed E-state index contributed by atoms with van der Waals surface area (Å²) in [5.74, 6) is 0. The molecule has 0 rings (SSSR count). The van der Waals surface area contributed by atoms with Gasteiger partial charge in [-0.1, -0.05) is 58.1 Å². The first-order valence-corrected chi connectivity index (χ1v) is 6.29. The second kappa shape index (κ2) is 13.3. The Labute approximate surface area is 95.2 Å². The van der Waals surface area contributed by atoms with Crippen LogP contribution in [0.2, 0.25) is 0 Å². The maximum atomic E-state index is 5.14. The number of unbranched alkanes of at least 4 members (excludes halogenated alkanes) is 7. The zero-order chi connectivity index (χ0) is 11.2. The summed E-state index contributed by atoms with van der Waals surface area (Å²) in [4.78, 5) is 0. The van der Waals surface area contributed by atoms with E-state index in [1.165, 1.54) is 44.9 Å². The van der Waals surface area contributed by atoms with Crippen molar-refractivity contribution in [1.82, 2.24) is 0 Å². The van der Waals surface area contributed by atoms with Crippen molar-refractivity contribution < 1.29 is 4.74 Å². The van der Waals surface area contributed by atoms with Crippen molar-refractivity contribution in [3.63, 3.8) is 0 Å². The Balaban J connectivity index is 2.97. The van der Waals surface area contributed by atoms with Crippen molar-refractivity contribution in [3.05, 3.63) is 25.0 Å². The Morgan fingerprint density at radius 3 is 2.33 bits per heavy atom. The van der Waals surface area contributed by atoms with E-state index in [2.05, 4.69) is 19.6 Å². The quantitative estimate of drug-likeness (QED) is 0.269. The molecular formula is C14H26O. The lowest BCUT2D eigenvalue weighted by molar-refractivity contribution is 0.288.